The Morgan fingerprint density at radius 2 is 2.12 bits per heavy atom. The van der Waals surface area contributed by atoms with Crippen molar-refractivity contribution in [2.45, 2.75) is 63.4 Å². The van der Waals surface area contributed by atoms with Gasteiger partial charge in [0, 0.05) is 5.41 Å². The summed E-state index contributed by atoms with van der Waals surface area (Å²) in [6.45, 7) is 2.22. The molecule has 4 rings (SSSR count). The predicted molar refractivity (Wildman–Crippen MR) is 96.0 cm³/mol. The number of fused-ring (bicyclic) bond motifs is 5. The van der Waals surface area contributed by atoms with E-state index < -0.39 is 5.60 Å². The molecule has 128 valence electrons. The van der Waals surface area contributed by atoms with Crippen molar-refractivity contribution in [3.8, 4) is 18.1 Å². The van der Waals surface area contributed by atoms with Gasteiger partial charge in [-0.05, 0) is 86.0 Å². The van der Waals surface area contributed by atoms with E-state index in [0.29, 0.717) is 17.8 Å². The van der Waals surface area contributed by atoms with Crippen molar-refractivity contribution in [1.82, 2.24) is 0 Å². The Bertz CT molecular complexity index is 688. The Kier molecular flexibility index (Phi) is 3.69. The molecule has 1 aromatic carbocycles. The zero-order valence-corrected chi connectivity index (χ0v) is 14.8. The molecule has 2 saturated carbocycles. The largest absolute Gasteiger partial charge is 0.497 e. The summed E-state index contributed by atoms with van der Waals surface area (Å²) < 4.78 is 5.41. The summed E-state index contributed by atoms with van der Waals surface area (Å²) in [7, 11) is 1.74. The van der Waals surface area contributed by atoms with Crippen molar-refractivity contribution < 1.29 is 9.84 Å². The van der Waals surface area contributed by atoms with Gasteiger partial charge in [-0.3, -0.25) is 0 Å². The number of rotatable bonds is 2. The second-order valence-electron chi connectivity index (χ2n) is 8.07. The molecular formula is C22H28O2. The monoisotopic (exact) mass is 324 g/mol. The van der Waals surface area contributed by atoms with Crippen LogP contribution in [0.25, 0.3) is 0 Å². The SMILES string of the molecule is C#C[C@]1(O)CC[C@H]2[C@@H]3CCc4cc(OC)ccc4[C@H]3CCC21CC. The van der Waals surface area contributed by atoms with Crippen LogP contribution in [0.15, 0.2) is 18.2 Å². The minimum Gasteiger partial charge on any atom is -0.497 e. The zero-order chi connectivity index (χ0) is 16.9. The van der Waals surface area contributed by atoms with Gasteiger partial charge >= 0.3 is 0 Å². The highest BCUT2D eigenvalue weighted by atomic mass is 16.5. The van der Waals surface area contributed by atoms with Crippen molar-refractivity contribution in [3.63, 3.8) is 0 Å². The number of hydrogen-bond acceptors (Lipinski definition) is 2. The van der Waals surface area contributed by atoms with E-state index in [-0.39, 0.29) is 5.41 Å². The molecule has 0 aromatic heterocycles. The predicted octanol–water partition coefficient (Wildman–Crippen LogP) is 4.31. The van der Waals surface area contributed by atoms with Gasteiger partial charge in [0.05, 0.1) is 7.11 Å². The average Bonchev–Trinajstić information content (AvgIpc) is 2.94. The summed E-state index contributed by atoms with van der Waals surface area (Å²) >= 11 is 0. The van der Waals surface area contributed by atoms with E-state index >= 15 is 0 Å². The van der Waals surface area contributed by atoms with Gasteiger partial charge in [0.15, 0.2) is 0 Å². The lowest BCUT2D eigenvalue weighted by atomic mass is 9.52. The molecule has 0 aliphatic heterocycles. The second-order valence-corrected chi connectivity index (χ2v) is 8.07. The van der Waals surface area contributed by atoms with Crippen molar-refractivity contribution in [2.75, 3.05) is 7.11 Å². The molecule has 0 bridgehead atoms. The molecule has 1 N–H and O–H groups in total. The maximum atomic E-state index is 11.1. The van der Waals surface area contributed by atoms with Gasteiger partial charge in [-0.1, -0.05) is 18.9 Å². The Labute approximate surface area is 145 Å². The highest BCUT2D eigenvalue weighted by Crippen LogP contribution is 2.65. The number of methoxy groups -OCH3 is 1. The van der Waals surface area contributed by atoms with Crippen LogP contribution >= 0.6 is 0 Å². The Balaban J connectivity index is 1.71. The minimum atomic E-state index is -0.891. The van der Waals surface area contributed by atoms with Crippen LogP contribution in [0.5, 0.6) is 5.75 Å². The molecule has 0 heterocycles. The molecule has 0 radical (unpaired) electrons. The summed E-state index contributed by atoms with van der Waals surface area (Å²) in [5.41, 5.74) is 2.03. The number of benzene rings is 1. The number of ether oxygens (including phenoxy) is 1. The molecule has 2 nitrogen and oxygen atoms in total. The summed E-state index contributed by atoms with van der Waals surface area (Å²) in [6.07, 6.45) is 13.2. The maximum Gasteiger partial charge on any atom is 0.131 e. The molecule has 3 aliphatic carbocycles. The van der Waals surface area contributed by atoms with Crippen LogP contribution in [0.3, 0.4) is 0 Å². The first-order valence-electron chi connectivity index (χ1n) is 9.45. The summed E-state index contributed by atoms with van der Waals surface area (Å²) in [6, 6.07) is 6.61. The van der Waals surface area contributed by atoms with E-state index in [2.05, 4.69) is 31.0 Å². The number of terminal acetylenes is 1. The van der Waals surface area contributed by atoms with Crippen LogP contribution < -0.4 is 4.74 Å². The van der Waals surface area contributed by atoms with Gasteiger partial charge in [-0.15, -0.1) is 6.42 Å². The Morgan fingerprint density at radius 3 is 2.83 bits per heavy atom. The third-order valence-corrected chi connectivity index (χ3v) is 7.65. The van der Waals surface area contributed by atoms with E-state index in [4.69, 9.17) is 11.2 Å². The molecule has 1 unspecified atom stereocenters. The van der Waals surface area contributed by atoms with E-state index in [9.17, 15) is 5.11 Å². The fourth-order valence-corrected chi connectivity index (χ4v) is 6.47. The average molecular weight is 324 g/mol. The van der Waals surface area contributed by atoms with Gasteiger partial charge in [0.25, 0.3) is 0 Å². The van der Waals surface area contributed by atoms with Crippen LogP contribution in [0, 0.1) is 29.6 Å². The number of aryl methyl sites for hydroxylation is 1. The molecule has 0 spiro atoms. The van der Waals surface area contributed by atoms with Gasteiger partial charge < -0.3 is 9.84 Å². The Morgan fingerprint density at radius 1 is 1.29 bits per heavy atom. The zero-order valence-electron chi connectivity index (χ0n) is 14.8. The molecule has 24 heavy (non-hydrogen) atoms. The standard InChI is InChI=1S/C22H28O2/c1-4-21-12-10-18-17-9-7-16(24-3)14-15(17)6-8-19(18)20(21)11-13-22(21,23)5-2/h2,7,9,14,18-20,23H,4,6,8,10-13H2,1,3H3/t18-,19-,20+,21?,22+/m1/s1. The van der Waals surface area contributed by atoms with Crippen LogP contribution in [0.2, 0.25) is 0 Å². The molecular weight excluding hydrogens is 296 g/mol. The fourth-order valence-electron chi connectivity index (χ4n) is 6.47. The van der Waals surface area contributed by atoms with E-state index in [1.165, 1.54) is 17.5 Å². The molecule has 5 atom stereocenters. The minimum absolute atomic E-state index is 0.0626. The number of hydrogen-bond donors (Lipinski definition) is 1. The van der Waals surface area contributed by atoms with Gasteiger partial charge in [-0.2, -0.15) is 0 Å². The van der Waals surface area contributed by atoms with Crippen LogP contribution in [0.4, 0.5) is 0 Å². The summed E-state index contributed by atoms with van der Waals surface area (Å²) in [5.74, 6) is 5.63. The molecule has 0 amide bonds. The lowest BCUT2D eigenvalue weighted by Crippen LogP contribution is -2.51. The molecule has 1 aromatic rings. The van der Waals surface area contributed by atoms with Crippen molar-refractivity contribution in [3.05, 3.63) is 29.3 Å². The normalized spacial score (nSPS) is 40.2. The molecule has 2 fully saturated rings. The summed E-state index contributed by atoms with van der Waals surface area (Å²) in [5, 5.41) is 11.1. The lowest BCUT2D eigenvalue weighted by Gasteiger charge is -2.53. The van der Waals surface area contributed by atoms with E-state index in [1.54, 1.807) is 7.11 Å². The third-order valence-electron chi connectivity index (χ3n) is 7.65. The first-order valence-corrected chi connectivity index (χ1v) is 9.45. The fraction of sp³-hybridized carbons (Fsp3) is 0.636. The quantitative estimate of drug-likeness (QED) is 0.822. The topological polar surface area (TPSA) is 29.5 Å². The highest BCUT2D eigenvalue weighted by molar-refractivity contribution is 5.41. The first-order chi connectivity index (χ1) is 11.6. The first kappa shape index (κ1) is 16.0. The van der Waals surface area contributed by atoms with Crippen LogP contribution in [0.1, 0.15) is 62.5 Å². The van der Waals surface area contributed by atoms with Crippen LogP contribution in [-0.2, 0) is 6.42 Å². The van der Waals surface area contributed by atoms with E-state index in [1.807, 2.05) is 0 Å². The van der Waals surface area contributed by atoms with Crippen LogP contribution in [-0.4, -0.2) is 17.8 Å². The Hall–Kier alpha value is -1.46. The van der Waals surface area contributed by atoms with Crippen molar-refractivity contribution >= 4 is 0 Å². The highest BCUT2D eigenvalue weighted by Gasteiger charge is 2.62. The maximum absolute atomic E-state index is 11.1. The molecule has 3 aliphatic rings. The second kappa shape index (κ2) is 5.53. The number of aliphatic hydroxyl groups is 1. The summed E-state index contributed by atoms with van der Waals surface area (Å²) in [4.78, 5) is 0. The lowest BCUT2D eigenvalue weighted by molar-refractivity contribution is -0.0799. The van der Waals surface area contributed by atoms with Gasteiger partial charge in [0.1, 0.15) is 11.4 Å². The van der Waals surface area contributed by atoms with Gasteiger partial charge in [0.2, 0.25) is 0 Å². The molecule has 2 heteroatoms. The van der Waals surface area contributed by atoms with Gasteiger partial charge in [-0.25, -0.2) is 0 Å². The third kappa shape index (κ3) is 1.94. The smallest absolute Gasteiger partial charge is 0.131 e. The molecule has 0 saturated heterocycles. The van der Waals surface area contributed by atoms with E-state index in [0.717, 1.165) is 44.3 Å². The van der Waals surface area contributed by atoms with Crippen molar-refractivity contribution in [1.29, 1.82) is 0 Å². The van der Waals surface area contributed by atoms with Crippen molar-refractivity contribution in [2.24, 2.45) is 17.3 Å².